The van der Waals surface area contributed by atoms with Gasteiger partial charge in [0.2, 0.25) is 5.91 Å². The van der Waals surface area contributed by atoms with Gasteiger partial charge in [0.1, 0.15) is 5.92 Å². The lowest BCUT2D eigenvalue weighted by atomic mass is 9.54. The van der Waals surface area contributed by atoms with Gasteiger partial charge in [-0.05, 0) is 31.2 Å². The Bertz CT molecular complexity index is 852. The largest absolute Gasteiger partial charge is 0.400 e. The molecule has 26 heavy (non-hydrogen) atoms. The van der Waals surface area contributed by atoms with Crippen LogP contribution < -0.4 is 16.4 Å². The Labute approximate surface area is 152 Å². The molecule has 4 rings (SSSR count). The number of imide groups is 1. The fourth-order valence-corrected chi connectivity index (χ4v) is 5.20. The summed E-state index contributed by atoms with van der Waals surface area (Å²) in [5.74, 6) is -1.31. The maximum absolute atomic E-state index is 12.7. The number of nitriles is 1. The Hall–Kier alpha value is -2.81. The molecule has 0 aromatic heterocycles. The fourth-order valence-electron chi connectivity index (χ4n) is 5.20. The molecule has 4 N–H and O–H groups in total. The summed E-state index contributed by atoms with van der Waals surface area (Å²) in [4.78, 5) is 24.8. The molecule has 1 aliphatic heterocycles. The second-order valence-electron chi connectivity index (χ2n) is 7.64. The number of nitrogens with zero attached hydrogens (tertiary/aromatic N) is 1. The lowest BCUT2D eigenvalue weighted by Gasteiger charge is -2.56. The Kier molecular flexibility index (Phi) is 3.76. The summed E-state index contributed by atoms with van der Waals surface area (Å²) in [5.41, 5.74) is 8.59. The van der Waals surface area contributed by atoms with Crippen molar-refractivity contribution in [3.8, 4) is 6.07 Å². The third-order valence-electron chi connectivity index (χ3n) is 6.27. The van der Waals surface area contributed by atoms with Crippen LogP contribution in [0.15, 0.2) is 35.5 Å². The Morgan fingerprint density at radius 1 is 1.23 bits per heavy atom. The number of carbonyl (C=O) groups excluding carboxylic acids is 2. The first kappa shape index (κ1) is 16.6. The monoisotopic (exact) mass is 350 g/mol. The summed E-state index contributed by atoms with van der Waals surface area (Å²) in [5, 5.41) is 15.2. The standard InChI is InChI=1S/C20H22N4O2/c1-11-5-7-12(8-6-11)15-13(10-21)17(22)16-18(25)23-19(26)24-20(16)9-3-2-4-14(15)20/h5-8,14-16H,2-4,9,22H2,1H3,(H2,23,24,25,26)/t14-,15+,16-,20-/m0/s1. The minimum atomic E-state index is -0.711. The first-order chi connectivity index (χ1) is 12.5. The van der Waals surface area contributed by atoms with Gasteiger partial charge in [-0.25, -0.2) is 4.79 Å². The van der Waals surface area contributed by atoms with E-state index in [0.29, 0.717) is 17.7 Å². The Morgan fingerprint density at radius 3 is 2.65 bits per heavy atom. The third kappa shape index (κ3) is 2.23. The highest BCUT2D eigenvalue weighted by Gasteiger charge is 2.60. The van der Waals surface area contributed by atoms with Gasteiger partial charge >= 0.3 is 6.03 Å². The molecule has 1 saturated carbocycles. The summed E-state index contributed by atoms with van der Waals surface area (Å²) in [7, 11) is 0. The molecule has 2 fully saturated rings. The second kappa shape index (κ2) is 5.87. The van der Waals surface area contributed by atoms with Gasteiger partial charge in [-0.15, -0.1) is 0 Å². The smallest absolute Gasteiger partial charge is 0.321 e. The van der Waals surface area contributed by atoms with Crippen molar-refractivity contribution in [2.24, 2.45) is 17.6 Å². The van der Waals surface area contributed by atoms with E-state index in [2.05, 4.69) is 16.7 Å². The number of carbonyl (C=O) groups is 2. The first-order valence-corrected chi connectivity index (χ1v) is 9.07. The highest BCUT2D eigenvalue weighted by molar-refractivity contribution is 6.01. The number of nitrogens with one attached hydrogen (secondary N) is 2. The molecule has 6 heteroatoms. The fraction of sp³-hybridized carbons (Fsp3) is 0.450. The van der Waals surface area contributed by atoms with Crippen LogP contribution in [-0.2, 0) is 4.79 Å². The van der Waals surface area contributed by atoms with Crippen LogP contribution in [0.4, 0.5) is 4.79 Å². The molecule has 1 aromatic rings. The van der Waals surface area contributed by atoms with E-state index in [1.165, 1.54) is 0 Å². The molecule has 6 nitrogen and oxygen atoms in total. The third-order valence-corrected chi connectivity index (χ3v) is 6.27. The van der Waals surface area contributed by atoms with E-state index >= 15 is 0 Å². The van der Waals surface area contributed by atoms with Crippen LogP contribution in [0.3, 0.4) is 0 Å². The van der Waals surface area contributed by atoms with Crippen molar-refractivity contribution in [3.63, 3.8) is 0 Å². The number of hydrogen-bond donors (Lipinski definition) is 3. The number of allylic oxidation sites excluding steroid dienone is 1. The highest BCUT2D eigenvalue weighted by Crippen LogP contribution is 2.55. The van der Waals surface area contributed by atoms with E-state index in [1.807, 2.05) is 31.2 Å². The molecule has 134 valence electrons. The highest BCUT2D eigenvalue weighted by atomic mass is 16.2. The Balaban J connectivity index is 1.94. The molecule has 0 radical (unpaired) electrons. The maximum atomic E-state index is 12.7. The SMILES string of the molecule is Cc1ccc([C@@H]2C(C#N)=C(N)[C@H]3C(=O)NC(=O)N[C@]34CCCC[C@@H]24)cc1. The quantitative estimate of drug-likeness (QED) is 0.721. The number of aryl methyl sites for hydroxylation is 1. The topological polar surface area (TPSA) is 108 Å². The van der Waals surface area contributed by atoms with Crippen LogP contribution in [-0.4, -0.2) is 17.5 Å². The molecule has 0 unspecified atom stereocenters. The van der Waals surface area contributed by atoms with Crippen LogP contribution in [0.1, 0.15) is 42.7 Å². The zero-order valence-electron chi connectivity index (χ0n) is 14.7. The lowest BCUT2D eigenvalue weighted by molar-refractivity contribution is -0.129. The van der Waals surface area contributed by atoms with Gasteiger partial charge in [-0.2, -0.15) is 5.26 Å². The summed E-state index contributed by atoms with van der Waals surface area (Å²) < 4.78 is 0. The van der Waals surface area contributed by atoms with Crippen LogP contribution in [0, 0.1) is 30.1 Å². The van der Waals surface area contributed by atoms with Crippen LogP contribution in [0.5, 0.6) is 0 Å². The molecular weight excluding hydrogens is 328 g/mol. The number of amides is 3. The van der Waals surface area contributed by atoms with Crippen molar-refractivity contribution >= 4 is 11.9 Å². The maximum Gasteiger partial charge on any atom is 0.321 e. The van der Waals surface area contributed by atoms with Gasteiger partial charge in [0.15, 0.2) is 0 Å². The van der Waals surface area contributed by atoms with Gasteiger partial charge in [0, 0.05) is 11.6 Å². The van der Waals surface area contributed by atoms with E-state index in [-0.39, 0.29) is 11.8 Å². The van der Waals surface area contributed by atoms with Crippen molar-refractivity contribution in [2.75, 3.05) is 0 Å². The normalized spacial score (nSPS) is 33.5. The predicted molar refractivity (Wildman–Crippen MR) is 95.6 cm³/mol. The summed E-state index contributed by atoms with van der Waals surface area (Å²) in [6, 6.07) is 9.91. The summed E-state index contributed by atoms with van der Waals surface area (Å²) in [6.45, 7) is 2.02. The molecule has 0 bridgehead atoms. The van der Waals surface area contributed by atoms with E-state index in [4.69, 9.17) is 5.73 Å². The molecule has 2 aliphatic carbocycles. The molecule has 3 aliphatic rings. The number of rotatable bonds is 1. The molecule has 3 amide bonds. The lowest BCUT2D eigenvalue weighted by Crippen LogP contribution is -2.73. The second-order valence-corrected chi connectivity index (χ2v) is 7.64. The predicted octanol–water partition coefficient (Wildman–Crippen LogP) is 2.21. The number of benzene rings is 1. The van der Waals surface area contributed by atoms with Gasteiger partial charge in [-0.3, -0.25) is 10.1 Å². The zero-order chi connectivity index (χ0) is 18.5. The minimum absolute atomic E-state index is 0.0269. The average molecular weight is 350 g/mol. The van der Waals surface area contributed by atoms with Crippen LogP contribution >= 0.6 is 0 Å². The van der Waals surface area contributed by atoms with Crippen molar-refractivity contribution in [2.45, 2.75) is 44.1 Å². The molecule has 1 spiro atoms. The van der Waals surface area contributed by atoms with Gasteiger partial charge in [0.25, 0.3) is 0 Å². The summed E-state index contributed by atoms with van der Waals surface area (Å²) in [6.07, 6.45) is 3.48. The van der Waals surface area contributed by atoms with E-state index in [1.54, 1.807) is 0 Å². The van der Waals surface area contributed by atoms with Gasteiger partial charge in [0.05, 0.1) is 17.2 Å². The van der Waals surface area contributed by atoms with Gasteiger partial charge in [-0.1, -0.05) is 42.7 Å². The van der Waals surface area contributed by atoms with E-state index < -0.39 is 23.4 Å². The van der Waals surface area contributed by atoms with Crippen LogP contribution in [0.25, 0.3) is 0 Å². The van der Waals surface area contributed by atoms with Crippen molar-refractivity contribution < 1.29 is 9.59 Å². The van der Waals surface area contributed by atoms with E-state index in [0.717, 1.165) is 30.4 Å². The number of nitrogens with two attached hydrogens (primary N) is 1. The van der Waals surface area contributed by atoms with Crippen molar-refractivity contribution in [3.05, 3.63) is 46.7 Å². The van der Waals surface area contributed by atoms with Crippen LogP contribution in [0.2, 0.25) is 0 Å². The zero-order valence-corrected chi connectivity index (χ0v) is 14.7. The minimum Gasteiger partial charge on any atom is -0.400 e. The molecule has 1 saturated heterocycles. The number of urea groups is 1. The van der Waals surface area contributed by atoms with Crippen molar-refractivity contribution in [1.82, 2.24) is 10.6 Å². The van der Waals surface area contributed by atoms with Gasteiger partial charge < -0.3 is 11.1 Å². The molecule has 4 atom stereocenters. The Morgan fingerprint density at radius 2 is 1.96 bits per heavy atom. The first-order valence-electron chi connectivity index (χ1n) is 9.07. The molecule has 1 heterocycles. The molecule has 1 aromatic carbocycles. The number of hydrogen-bond acceptors (Lipinski definition) is 4. The van der Waals surface area contributed by atoms with E-state index in [9.17, 15) is 14.9 Å². The molecular formula is C20H22N4O2. The van der Waals surface area contributed by atoms with Crippen molar-refractivity contribution in [1.29, 1.82) is 5.26 Å². The average Bonchev–Trinajstić information content (AvgIpc) is 2.60. The summed E-state index contributed by atoms with van der Waals surface area (Å²) >= 11 is 0.